The second kappa shape index (κ2) is 18.8. The van der Waals surface area contributed by atoms with E-state index in [4.69, 9.17) is 44.7 Å². The van der Waals surface area contributed by atoms with Gasteiger partial charge in [-0.2, -0.15) is 0 Å². The minimum atomic E-state index is -2.07. The van der Waals surface area contributed by atoms with Crippen molar-refractivity contribution in [1.29, 1.82) is 0 Å². The number of phenolic OH excluding ortho intramolecular Hbond substituents is 1. The Balaban J connectivity index is 1.59. The number of Topliss-reactive ketones (excluding diaryl/α,β-unsaturated/α-hetero) is 1. The molecule has 4 bridgehead atoms. The molecule has 0 fully saturated rings. The van der Waals surface area contributed by atoms with Gasteiger partial charge in [0.1, 0.15) is 47.5 Å². The number of aromatic hydroxyl groups is 1. The summed E-state index contributed by atoms with van der Waals surface area (Å²) in [4.78, 5) is 60.3. The summed E-state index contributed by atoms with van der Waals surface area (Å²) in [5.74, 6) is -7.14. The molecule has 9 atom stereocenters. The molecule has 4 aromatic rings. The van der Waals surface area contributed by atoms with E-state index < -0.39 is 82.7 Å². The van der Waals surface area contributed by atoms with Crippen LogP contribution in [0.15, 0.2) is 57.5 Å². The number of likely N-dealkylation sites (N-methyl/N-ethyl adjacent to an activating group) is 1. The summed E-state index contributed by atoms with van der Waals surface area (Å²) < 4.78 is 36.9. The standard InChI is InChI=1S/C48H58ClN3O13/c1-22-14-13-15-23(2)47(59)51-38-42(57)35-34(37-45(38)64-33-21-32(29(49)20-30(33)50-37)61-19-17-52(9,10)11)36-44(27(6)41(35)56)65-48(8,46(36)58)62-18-16-31(60-12)24(3)43(63-28(7)53)26(5)40(55)25(4)39(22)54/h13-16,18,20-22,24-26,31,39-40,43,54-55H,17,19H2,1-12H3,(H-,50,51,56,57,58,59)/p+1/b14-13+,18-16+,23-15-/t22-,24+,25+,26+,31-,39-,40+,43+,48-/m0/s1. The van der Waals surface area contributed by atoms with E-state index in [0.29, 0.717) is 17.6 Å². The molecule has 4 N–H and O–H groups in total. The van der Waals surface area contributed by atoms with E-state index >= 15 is 0 Å². The number of aromatic nitrogens is 1. The number of anilines is 1. The summed E-state index contributed by atoms with van der Waals surface area (Å²) in [6.45, 7) is 13.5. The molecule has 65 heavy (non-hydrogen) atoms. The molecule has 0 aliphatic carbocycles. The largest absolute Gasteiger partial charge is 0.505 e. The van der Waals surface area contributed by atoms with E-state index in [-0.39, 0.29) is 71.9 Å². The topological polar surface area (TPSA) is 213 Å². The van der Waals surface area contributed by atoms with Crippen LogP contribution in [0, 0.1) is 30.6 Å². The minimum absolute atomic E-state index is 0.0297. The number of esters is 1. The molecule has 3 aromatic carbocycles. The number of hydrogen-bond donors (Lipinski definition) is 4. The van der Waals surface area contributed by atoms with Crippen molar-refractivity contribution in [1.82, 2.24) is 4.98 Å². The Bertz CT molecular complexity index is 2700. The summed E-state index contributed by atoms with van der Waals surface area (Å²) in [6, 6.07) is 3.04. The fourth-order valence-electron chi connectivity index (χ4n) is 8.35. The van der Waals surface area contributed by atoms with Gasteiger partial charge in [0.25, 0.3) is 11.7 Å². The molecule has 6 rings (SSSR count). The average molecular weight is 921 g/mol. The number of rotatable bonds is 6. The van der Waals surface area contributed by atoms with Gasteiger partial charge in [-0.05, 0) is 26.0 Å². The van der Waals surface area contributed by atoms with Crippen molar-refractivity contribution < 1.29 is 62.3 Å². The van der Waals surface area contributed by atoms with Crippen LogP contribution < -0.4 is 20.2 Å². The average Bonchev–Trinajstić information content (AvgIpc) is 3.50. The van der Waals surface area contributed by atoms with Gasteiger partial charge in [-0.25, -0.2) is 4.98 Å². The number of quaternary nitrogens is 1. The number of aliphatic hydroxyl groups excluding tert-OH is 2. The van der Waals surface area contributed by atoms with E-state index in [9.17, 15) is 34.5 Å². The number of ketones is 1. The molecule has 0 radical (unpaired) electrons. The molecule has 1 amide bonds. The predicted octanol–water partition coefficient (Wildman–Crippen LogP) is 6.74. The van der Waals surface area contributed by atoms with Gasteiger partial charge < -0.3 is 53.2 Å². The zero-order valence-electron chi connectivity index (χ0n) is 38.8. The van der Waals surface area contributed by atoms with Crippen molar-refractivity contribution in [3.05, 3.63) is 74.6 Å². The molecule has 2 aliphatic heterocycles. The number of carbonyl (C=O) groups is 3. The van der Waals surface area contributed by atoms with Crippen LogP contribution in [0.3, 0.4) is 0 Å². The third-order valence-corrected chi connectivity index (χ3v) is 12.7. The molecule has 2 aliphatic rings. The third-order valence-electron chi connectivity index (χ3n) is 12.4. The van der Waals surface area contributed by atoms with Crippen molar-refractivity contribution in [3.8, 4) is 17.2 Å². The van der Waals surface area contributed by atoms with Gasteiger partial charge in [0.05, 0.1) is 61.7 Å². The second-order valence-electron chi connectivity index (χ2n) is 18.3. The fraction of sp³-hybridized carbons (Fsp3) is 0.479. The van der Waals surface area contributed by atoms with Crippen molar-refractivity contribution in [3.63, 3.8) is 0 Å². The van der Waals surface area contributed by atoms with Gasteiger partial charge in [-0.15, -0.1) is 0 Å². The lowest BCUT2D eigenvalue weighted by atomic mass is 9.78. The van der Waals surface area contributed by atoms with Crippen molar-refractivity contribution in [2.45, 2.75) is 85.6 Å². The molecule has 0 unspecified atom stereocenters. The van der Waals surface area contributed by atoms with Gasteiger partial charge in [0, 0.05) is 67.2 Å². The Morgan fingerprint density at radius 3 is 2.34 bits per heavy atom. The maximum Gasteiger partial charge on any atom is 0.312 e. The molecule has 17 heteroatoms. The number of methoxy groups -OCH3 is 1. The number of halogens is 1. The van der Waals surface area contributed by atoms with Crippen LogP contribution in [0.4, 0.5) is 5.69 Å². The highest BCUT2D eigenvalue weighted by atomic mass is 35.5. The van der Waals surface area contributed by atoms with E-state index in [0.717, 1.165) is 0 Å². The summed E-state index contributed by atoms with van der Waals surface area (Å²) >= 11 is 6.71. The lowest BCUT2D eigenvalue weighted by Gasteiger charge is -2.38. The highest BCUT2D eigenvalue weighted by Crippen LogP contribution is 2.49. The van der Waals surface area contributed by atoms with Crippen LogP contribution in [0.25, 0.3) is 33.0 Å². The number of carbonyl (C=O) groups excluding carboxylic acids is 3. The Kier molecular flexibility index (Phi) is 14.1. The van der Waals surface area contributed by atoms with Crippen LogP contribution in [0.2, 0.25) is 5.02 Å². The monoisotopic (exact) mass is 920 g/mol. The first-order valence-corrected chi connectivity index (χ1v) is 21.8. The Morgan fingerprint density at radius 1 is 1.00 bits per heavy atom. The molecular weight excluding hydrogens is 862 g/mol. The Hall–Kier alpha value is -5.52. The van der Waals surface area contributed by atoms with Gasteiger partial charge in [-0.1, -0.05) is 57.5 Å². The van der Waals surface area contributed by atoms with E-state index in [1.807, 2.05) is 21.1 Å². The molecule has 0 spiro atoms. The Morgan fingerprint density at radius 2 is 1.69 bits per heavy atom. The summed E-state index contributed by atoms with van der Waals surface area (Å²) in [5, 5.41) is 37.6. The number of phenols is 1. The maximum absolute atomic E-state index is 14.7. The minimum Gasteiger partial charge on any atom is -0.505 e. The highest BCUT2D eigenvalue weighted by Gasteiger charge is 2.49. The zero-order valence-corrected chi connectivity index (χ0v) is 39.5. The third kappa shape index (κ3) is 9.59. The van der Waals surface area contributed by atoms with Crippen LogP contribution in [-0.2, 0) is 23.8 Å². The second-order valence-corrected chi connectivity index (χ2v) is 18.7. The lowest BCUT2D eigenvalue weighted by molar-refractivity contribution is -0.870. The van der Waals surface area contributed by atoms with Crippen LogP contribution in [0.1, 0.15) is 64.4 Å². The van der Waals surface area contributed by atoms with Crippen LogP contribution in [0.5, 0.6) is 17.2 Å². The number of fused-ring (bicyclic) bond motifs is 2. The van der Waals surface area contributed by atoms with Gasteiger partial charge >= 0.3 is 11.8 Å². The number of nitrogens with zero attached hydrogens (tertiary/aromatic N) is 2. The number of allylic oxidation sites excluding steroid dienone is 2. The first-order chi connectivity index (χ1) is 30.4. The molecule has 3 heterocycles. The number of ether oxygens (including phenoxy) is 5. The lowest BCUT2D eigenvalue weighted by Crippen LogP contribution is -2.46. The quantitative estimate of drug-likeness (QED) is 0.0519. The first kappa shape index (κ1) is 48.9. The highest BCUT2D eigenvalue weighted by molar-refractivity contribution is 6.33. The molecule has 1 aromatic heterocycles. The van der Waals surface area contributed by atoms with E-state index in [1.54, 1.807) is 39.8 Å². The van der Waals surface area contributed by atoms with Gasteiger partial charge in [0.2, 0.25) is 0 Å². The number of aliphatic hydroxyl groups is 2. The van der Waals surface area contributed by atoms with Gasteiger partial charge in [0.15, 0.2) is 22.3 Å². The number of benzene rings is 3. The predicted molar refractivity (Wildman–Crippen MR) is 245 cm³/mol. The SMILES string of the molecule is CO[C@H]1/C=C/O[C@@]2(C)Oc3c(C)c(=O)c4c(O)c(c5oc6cc(OCC[N+](C)(C)C)c(Cl)cc6nc5c4c3C2=O)NC(=O)/C(C)=C\C=C\[C@H](C)[C@H](O)[C@@H](C)[C@@H](O)[C@@H](C)[C@H](OC(C)=O)[C@@H]1C. The first-order valence-electron chi connectivity index (χ1n) is 21.4. The Labute approximate surface area is 382 Å². The summed E-state index contributed by atoms with van der Waals surface area (Å²) in [5.41, 5.74) is -0.923. The molecule has 350 valence electrons. The normalized spacial score (nSPS) is 28.7. The van der Waals surface area contributed by atoms with Crippen LogP contribution >= 0.6 is 11.6 Å². The van der Waals surface area contributed by atoms with Crippen molar-refractivity contribution in [2.75, 3.05) is 46.7 Å². The number of hydrogen-bond acceptors (Lipinski definition) is 14. The fourth-order valence-corrected chi connectivity index (χ4v) is 8.56. The van der Waals surface area contributed by atoms with Crippen LogP contribution in [-0.4, -0.2) is 114 Å². The summed E-state index contributed by atoms with van der Waals surface area (Å²) in [7, 11) is 7.49. The molecular formula is C48H59ClN3O13+. The number of amides is 1. The van der Waals surface area contributed by atoms with Crippen molar-refractivity contribution >= 4 is 67.9 Å². The number of nitrogens with one attached hydrogen (secondary N) is 1. The molecule has 16 nitrogen and oxygen atoms in total. The van der Waals surface area contributed by atoms with Crippen molar-refractivity contribution in [2.24, 2.45) is 23.7 Å². The van der Waals surface area contributed by atoms with E-state index in [1.165, 1.54) is 65.4 Å². The molecule has 0 saturated carbocycles. The zero-order chi connectivity index (χ0) is 48.0. The maximum atomic E-state index is 14.7. The smallest absolute Gasteiger partial charge is 0.312 e. The van der Waals surface area contributed by atoms with E-state index in [2.05, 4.69) is 5.32 Å². The molecule has 0 saturated heterocycles. The summed E-state index contributed by atoms with van der Waals surface area (Å²) in [6.07, 6.45) is 3.51. The van der Waals surface area contributed by atoms with Gasteiger partial charge in [-0.3, -0.25) is 19.2 Å².